The Morgan fingerprint density at radius 2 is 1.88 bits per heavy atom. The Kier molecular flexibility index (Phi) is 18.1. The van der Waals surface area contributed by atoms with Crippen molar-refractivity contribution < 1.29 is 52.1 Å². The molecule has 0 aliphatic carbocycles. The van der Waals surface area contributed by atoms with Crippen molar-refractivity contribution in [1.82, 2.24) is 0 Å². The van der Waals surface area contributed by atoms with Gasteiger partial charge in [-0.25, -0.2) is 0 Å². The van der Waals surface area contributed by atoms with E-state index in [1.807, 2.05) is 0 Å². The number of rotatable bonds is 4. The van der Waals surface area contributed by atoms with E-state index in [9.17, 15) is 4.79 Å². The minimum Gasteiger partial charge on any atom is -0.483 e. The molecule has 0 aromatic carbocycles. The van der Waals surface area contributed by atoms with Crippen molar-refractivity contribution in [2.45, 2.75) is 26.4 Å². The Morgan fingerprint density at radius 1 is 1.38 bits per heavy atom. The number of carbonyl (C=O) groups excluding carboxylic acids is 1. The fraction of sp³-hybridized carbons (Fsp3) is 0.800. The van der Waals surface area contributed by atoms with E-state index in [1.165, 1.54) is 0 Å². The maximum atomic E-state index is 10.1. The van der Waals surface area contributed by atoms with Gasteiger partial charge in [0.1, 0.15) is 5.60 Å². The maximum absolute atomic E-state index is 10.1. The van der Waals surface area contributed by atoms with E-state index >= 15 is 0 Å². The molecule has 0 saturated carbocycles. The first kappa shape index (κ1) is 21.6. The van der Waals surface area contributed by atoms with Gasteiger partial charge in [0.2, 0.25) is 0 Å². The predicted octanol–water partition coefficient (Wildman–Crippen LogP) is 0.114. The van der Waals surface area contributed by atoms with Crippen molar-refractivity contribution in [3.8, 4) is 0 Å². The molecule has 3 N–H and O–H groups in total. The number of hydrogen-bond donors (Lipinski definition) is 2. The average molecular weight is 309 g/mol. The van der Waals surface area contributed by atoms with Crippen LogP contribution in [0.1, 0.15) is 20.8 Å². The van der Waals surface area contributed by atoms with Crippen molar-refractivity contribution in [2.75, 3.05) is 26.4 Å². The fourth-order valence-electron chi connectivity index (χ4n) is 0.591. The summed E-state index contributed by atoms with van der Waals surface area (Å²) in [7, 11) is 0. The third kappa shape index (κ3) is 29.3. The Balaban J connectivity index is -0.000000200. The van der Waals surface area contributed by atoms with E-state index in [0.29, 0.717) is 19.8 Å². The maximum Gasteiger partial charge on any atom is 0.165 e. The summed E-state index contributed by atoms with van der Waals surface area (Å²) in [6.07, 6.45) is 0. The van der Waals surface area contributed by atoms with Crippen LogP contribution in [0.15, 0.2) is 0 Å². The molecule has 0 unspecified atom stereocenters. The van der Waals surface area contributed by atoms with Gasteiger partial charge in [0.15, 0.2) is 5.97 Å². The average Bonchev–Trinajstić information content (AvgIpc) is 2.01. The van der Waals surface area contributed by atoms with Crippen molar-refractivity contribution in [2.24, 2.45) is 5.73 Å². The second kappa shape index (κ2) is 13.4. The standard InChI is InChI=1S/C6H11O2.C4H11NO2.Y/c1-5(7)8-6(2,3)4;5-1-3-7-4-2-6;/h1H2,2-4H3;6H,1-5H2;/q-1;;. The molecule has 6 heteroatoms. The van der Waals surface area contributed by atoms with Gasteiger partial charge < -0.3 is 20.3 Å². The molecule has 16 heavy (non-hydrogen) atoms. The van der Waals surface area contributed by atoms with Gasteiger partial charge in [-0.05, 0) is 20.8 Å². The summed E-state index contributed by atoms with van der Waals surface area (Å²) < 4.78 is 9.44. The van der Waals surface area contributed by atoms with E-state index in [2.05, 4.69) is 11.7 Å². The summed E-state index contributed by atoms with van der Waals surface area (Å²) in [6.45, 7) is 10.0. The van der Waals surface area contributed by atoms with Crippen LogP contribution in [-0.2, 0) is 47.0 Å². The van der Waals surface area contributed by atoms with Crippen LogP contribution >= 0.6 is 0 Å². The van der Waals surface area contributed by atoms with E-state index < -0.39 is 11.6 Å². The molecule has 0 aliphatic rings. The zero-order chi connectivity index (χ0) is 12.3. The molecule has 0 atom stereocenters. The molecule has 0 aromatic heterocycles. The minimum absolute atomic E-state index is 0. The van der Waals surface area contributed by atoms with Crippen molar-refractivity contribution >= 4 is 5.97 Å². The second-order valence-corrected chi connectivity index (χ2v) is 3.71. The molecule has 0 fully saturated rings. The van der Waals surface area contributed by atoms with E-state index in [0.717, 1.165) is 0 Å². The fourth-order valence-corrected chi connectivity index (χ4v) is 0.591. The monoisotopic (exact) mass is 309 g/mol. The van der Waals surface area contributed by atoms with E-state index in [-0.39, 0.29) is 39.3 Å². The molecular weight excluding hydrogens is 287 g/mol. The smallest absolute Gasteiger partial charge is 0.165 e. The summed E-state index contributed by atoms with van der Waals surface area (Å²) in [6, 6.07) is 0. The molecule has 1 radical (unpaired) electrons. The first-order valence-corrected chi connectivity index (χ1v) is 4.77. The number of aliphatic hydroxyl groups excluding tert-OH is 1. The van der Waals surface area contributed by atoms with Gasteiger partial charge in [-0.3, -0.25) is 11.7 Å². The largest absolute Gasteiger partial charge is 0.483 e. The van der Waals surface area contributed by atoms with Crippen molar-refractivity contribution in [3.05, 3.63) is 6.92 Å². The van der Waals surface area contributed by atoms with Crippen molar-refractivity contribution in [1.29, 1.82) is 0 Å². The van der Waals surface area contributed by atoms with E-state index in [1.54, 1.807) is 20.8 Å². The van der Waals surface area contributed by atoms with Gasteiger partial charge in [-0.1, -0.05) is 0 Å². The van der Waals surface area contributed by atoms with E-state index in [4.69, 9.17) is 15.6 Å². The normalized spacial score (nSPS) is 9.56. The SMILES string of the molecule is NCCOCCO.[CH2-]C(=O)OC(C)(C)C.[Y]. The first-order chi connectivity index (χ1) is 6.83. The molecule has 0 aromatic rings. The van der Waals surface area contributed by atoms with Crippen LogP contribution < -0.4 is 5.73 Å². The zero-order valence-corrected chi connectivity index (χ0v) is 13.2. The second-order valence-electron chi connectivity index (χ2n) is 3.71. The molecular formula is C10H22NO4Y-. The quantitative estimate of drug-likeness (QED) is 0.438. The van der Waals surface area contributed by atoms with Crippen LogP contribution in [0.2, 0.25) is 0 Å². The number of nitrogens with two attached hydrogens (primary N) is 1. The molecule has 0 rings (SSSR count). The molecule has 0 amide bonds. The third-order valence-electron chi connectivity index (χ3n) is 0.918. The van der Waals surface area contributed by atoms with Crippen LogP contribution in [0, 0.1) is 6.92 Å². The molecule has 0 aliphatic heterocycles. The van der Waals surface area contributed by atoms with Crippen LogP contribution in [0.5, 0.6) is 0 Å². The Morgan fingerprint density at radius 3 is 2.06 bits per heavy atom. The molecule has 5 nitrogen and oxygen atoms in total. The number of esters is 1. The Bertz CT molecular complexity index is 155. The van der Waals surface area contributed by atoms with Gasteiger partial charge >= 0.3 is 0 Å². The van der Waals surface area contributed by atoms with Gasteiger partial charge in [0, 0.05) is 39.3 Å². The predicted molar refractivity (Wildman–Crippen MR) is 58.2 cm³/mol. The summed E-state index contributed by atoms with van der Waals surface area (Å²) in [5.74, 6) is -0.475. The van der Waals surface area contributed by atoms with Crippen molar-refractivity contribution in [3.63, 3.8) is 0 Å². The Labute approximate surface area is 123 Å². The number of aliphatic hydroxyl groups is 1. The molecule has 0 spiro atoms. The zero-order valence-electron chi connectivity index (χ0n) is 10.4. The van der Waals surface area contributed by atoms with Gasteiger partial charge in [0.25, 0.3) is 0 Å². The summed E-state index contributed by atoms with van der Waals surface area (Å²) >= 11 is 0. The molecule has 0 bridgehead atoms. The summed E-state index contributed by atoms with van der Waals surface area (Å²) in [5.41, 5.74) is 4.67. The summed E-state index contributed by atoms with van der Waals surface area (Å²) in [5, 5.41) is 8.13. The van der Waals surface area contributed by atoms with Crippen LogP contribution in [0.4, 0.5) is 0 Å². The van der Waals surface area contributed by atoms with Crippen LogP contribution in [-0.4, -0.2) is 43.0 Å². The topological polar surface area (TPSA) is 81.8 Å². The third-order valence-corrected chi connectivity index (χ3v) is 0.918. The first-order valence-electron chi connectivity index (χ1n) is 4.77. The van der Waals surface area contributed by atoms with Gasteiger partial charge in [0.05, 0.1) is 19.8 Å². The Hall–Kier alpha value is 0.324. The van der Waals surface area contributed by atoms with Gasteiger partial charge in [-0.15, -0.1) is 0 Å². The number of hydrogen-bond acceptors (Lipinski definition) is 5. The van der Waals surface area contributed by atoms with Crippen LogP contribution in [0.3, 0.4) is 0 Å². The number of carbonyl (C=O) groups is 1. The molecule has 95 valence electrons. The molecule has 0 saturated heterocycles. The minimum atomic E-state index is -0.475. The van der Waals surface area contributed by atoms with Gasteiger partial charge in [-0.2, -0.15) is 0 Å². The van der Waals surface area contributed by atoms with Crippen LogP contribution in [0.25, 0.3) is 0 Å². The molecule has 0 heterocycles. The summed E-state index contributed by atoms with van der Waals surface area (Å²) in [4.78, 5) is 10.1. The number of ether oxygens (including phenoxy) is 2.